The number of nitrogens with one attached hydrogen (secondary N) is 1. The van der Waals surface area contributed by atoms with Gasteiger partial charge in [0.15, 0.2) is 0 Å². The number of imidazole rings is 1. The zero-order chi connectivity index (χ0) is 18.1. The van der Waals surface area contributed by atoms with Gasteiger partial charge in [0.2, 0.25) is 5.91 Å². The van der Waals surface area contributed by atoms with Crippen LogP contribution in [0.5, 0.6) is 0 Å². The predicted molar refractivity (Wildman–Crippen MR) is 98.2 cm³/mol. The Bertz CT molecular complexity index is 866. The Morgan fingerprint density at radius 3 is 2.96 bits per heavy atom. The molecule has 4 rings (SSSR count). The van der Waals surface area contributed by atoms with Crippen molar-refractivity contribution in [2.45, 2.75) is 55.4 Å². The van der Waals surface area contributed by atoms with E-state index in [-0.39, 0.29) is 5.91 Å². The van der Waals surface area contributed by atoms with E-state index < -0.39 is 16.1 Å². The second kappa shape index (κ2) is 7.13. The maximum Gasteiger partial charge on any atom is 0.253 e. The normalized spacial score (nSPS) is 20.8. The number of fused-ring (bicyclic) bond motifs is 1. The van der Waals surface area contributed by atoms with Crippen LogP contribution in [0.1, 0.15) is 37.2 Å². The van der Waals surface area contributed by atoms with Crippen molar-refractivity contribution in [3.05, 3.63) is 35.2 Å². The first kappa shape index (κ1) is 17.7. The number of carbonyl (C=O) groups excluding carboxylic acids is 1. The van der Waals surface area contributed by atoms with E-state index in [1.807, 2.05) is 6.20 Å². The number of sulfonamides is 1. The van der Waals surface area contributed by atoms with E-state index in [1.165, 1.54) is 15.6 Å². The first-order chi connectivity index (χ1) is 12.6. The molecule has 2 aromatic heterocycles. The Hall–Kier alpha value is -1.71. The maximum atomic E-state index is 12.8. The summed E-state index contributed by atoms with van der Waals surface area (Å²) in [6, 6.07) is 2.66. The molecule has 1 fully saturated rings. The van der Waals surface area contributed by atoms with Crippen LogP contribution in [-0.2, 0) is 34.3 Å². The lowest BCUT2D eigenvalue weighted by atomic mass is 10.2. The number of rotatable bonds is 5. The Kier molecular flexibility index (Phi) is 4.85. The fraction of sp³-hybridized carbons (Fsp3) is 0.529. The molecule has 0 aromatic carbocycles. The van der Waals surface area contributed by atoms with Crippen molar-refractivity contribution in [1.29, 1.82) is 0 Å². The summed E-state index contributed by atoms with van der Waals surface area (Å²) in [5, 5.41) is 4.61. The quantitative estimate of drug-likeness (QED) is 0.837. The van der Waals surface area contributed by atoms with Crippen molar-refractivity contribution in [2.24, 2.45) is 0 Å². The lowest BCUT2D eigenvalue weighted by Gasteiger charge is -2.22. The minimum atomic E-state index is -3.60. The number of aromatic nitrogens is 2. The van der Waals surface area contributed by atoms with Crippen LogP contribution in [0, 0.1) is 0 Å². The molecule has 2 aliphatic heterocycles. The lowest BCUT2D eigenvalue weighted by Crippen LogP contribution is -2.45. The molecule has 140 valence electrons. The number of amides is 1. The first-order valence-electron chi connectivity index (χ1n) is 8.94. The first-order valence-corrected chi connectivity index (χ1v) is 11.3. The van der Waals surface area contributed by atoms with Gasteiger partial charge < -0.3 is 9.88 Å². The molecule has 2 aromatic rings. The molecule has 4 heterocycles. The van der Waals surface area contributed by atoms with Crippen molar-refractivity contribution in [2.75, 3.05) is 6.54 Å². The predicted octanol–water partition coefficient (Wildman–Crippen LogP) is 1.75. The van der Waals surface area contributed by atoms with E-state index in [0.29, 0.717) is 30.1 Å². The third kappa shape index (κ3) is 3.30. The number of aryl methyl sites for hydroxylation is 2. The molecule has 26 heavy (non-hydrogen) atoms. The topological polar surface area (TPSA) is 84.3 Å². The third-order valence-corrected chi connectivity index (χ3v) is 8.25. The molecule has 0 spiro atoms. The number of hydrogen-bond acceptors (Lipinski definition) is 5. The standard InChI is InChI=1S/C17H22N4O3S2/c22-17(18-11-13-12-20-8-2-1-6-15(20)19-13)14-5-3-9-21(14)26(23,24)16-7-4-10-25-16/h4,7,10,12,14H,1-3,5-6,8-9,11H2,(H,18,22). The average molecular weight is 395 g/mol. The van der Waals surface area contributed by atoms with Gasteiger partial charge in [-0.2, -0.15) is 4.31 Å². The highest BCUT2D eigenvalue weighted by Gasteiger charge is 2.39. The smallest absolute Gasteiger partial charge is 0.253 e. The van der Waals surface area contributed by atoms with Crippen molar-refractivity contribution in [1.82, 2.24) is 19.2 Å². The number of carbonyl (C=O) groups is 1. The largest absolute Gasteiger partial charge is 0.349 e. The zero-order valence-electron chi connectivity index (χ0n) is 14.4. The molecule has 1 amide bonds. The van der Waals surface area contributed by atoms with Gasteiger partial charge in [0.05, 0.1) is 12.2 Å². The van der Waals surface area contributed by atoms with Gasteiger partial charge in [0, 0.05) is 25.7 Å². The van der Waals surface area contributed by atoms with Crippen molar-refractivity contribution in [3.63, 3.8) is 0 Å². The maximum absolute atomic E-state index is 12.8. The van der Waals surface area contributed by atoms with Crippen LogP contribution in [0.2, 0.25) is 0 Å². The summed E-state index contributed by atoms with van der Waals surface area (Å²) in [4.78, 5) is 17.2. The summed E-state index contributed by atoms with van der Waals surface area (Å²) in [6.07, 6.45) is 6.53. The molecule has 1 atom stereocenters. The van der Waals surface area contributed by atoms with E-state index in [4.69, 9.17) is 0 Å². The van der Waals surface area contributed by atoms with E-state index in [1.54, 1.807) is 17.5 Å². The number of hydrogen-bond donors (Lipinski definition) is 1. The zero-order valence-corrected chi connectivity index (χ0v) is 16.1. The van der Waals surface area contributed by atoms with Gasteiger partial charge in [-0.15, -0.1) is 11.3 Å². The van der Waals surface area contributed by atoms with Crippen LogP contribution in [-0.4, -0.2) is 40.8 Å². The van der Waals surface area contributed by atoms with Crippen LogP contribution >= 0.6 is 11.3 Å². The van der Waals surface area contributed by atoms with Crippen LogP contribution in [0.4, 0.5) is 0 Å². The van der Waals surface area contributed by atoms with Crippen LogP contribution < -0.4 is 5.32 Å². The molecule has 0 bridgehead atoms. The summed E-state index contributed by atoms with van der Waals surface area (Å²) < 4.78 is 29.3. The highest BCUT2D eigenvalue weighted by molar-refractivity contribution is 7.91. The van der Waals surface area contributed by atoms with E-state index >= 15 is 0 Å². The summed E-state index contributed by atoms with van der Waals surface area (Å²) in [6.45, 7) is 1.70. The molecule has 0 saturated carbocycles. The van der Waals surface area contributed by atoms with Crippen LogP contribution in [0.3, 0.4) is 0 Å². The SMILES string of the molecule is O=C(NCc1cn2c(n1)CCCC2)C1CCCN1S(=O)(=O)c1cccs1. The van der Waals surface area contributed by atoms with E-state index in [2.05, 4.69) is 14.9 Å². The Labute approximate surface area is 157 Å². The molecule has 0 aliphatic carbocycles. The van der Waals surface area contributed by atoms with Crippen molar-refractivity contribution in [3.8, 4) is 0 Å². The van der Waals surface area contributed by atoms with Crippen LogP contribution in [0.25, 0.3) is 0 Å². The minimum Gasteiger partial charge on any atom is -0.349 e. The second-order valence-electron chi connectivity index (χ2n) is 6.72. The molecule has 2 aliphatic rings. The minimum absolute atomic E-state index is 0.242. The van der Waals surface area contributed by atoms with Gasteiger partial charge >= 0.3 is 0 Å². The highest BCUT2D eigenvalue weighted by atomic mass is 32.2. The fourth-order valence-corrected chi connectivity index (χ4v) is 6.44. The molecule has 1 saturated heterocycles. The molecule has 0 radical (unpaired) electrons. The Morgan fingerprint density at radius 2 is 2.19 bits per heavy atom. The fourth-order valence-electron chi connectivity index (χ4n) is 3.67. The van der Waals surface area contributed by atoms with Gasteiger partial charge in [-0.25, -0.2) is 13.4 Å². The second-order valence-corrected chi connectivity index (χ2v) is 9.79. The number of thiophene rings is 1. The molecule has 1 N–H and O–H groups in total. The van der Waals surface area contributed by atoms with Gasteiger partial charge in [-0.05, 0) is 37.1 Å². The summed E-state index contributed by atoms with van der Waals surface area (Å²) in [5.74, 6) is 0.830. The highest BCUT2D eigenvalue weighted by Crippen LogP contribution is 2.28. The average Bonchev–Trinajstić information content (AvgIpc) is 3.39. The summed E-state index contributed by atoms with van der Waals surface area (Å²) in [7, 11) is -3.60. The summed E-state index contributed by atoms with van der Waals surface area (Å²) >= 11 is 1.18. The van der Waals surface area contributed by atoms with Gasteiger partial charge in [0.1, 0.15) is 16.1 Å². The molecular weight excluding hydrogens is 372 g/mol. The van der Waals surface area contributed by atoms with Gasteiger partial charge in [-0.1, -0.05) is 6.07 Å². The summed E-state index contributed by atoms with van der Waals surface area (Å²) in [5.41, 5.74) is 0.834. The van der Waals surface area contributed by atoms with Crippen LogP contribution in [0.15, 0.2) is 27.9 Å². The molecular formula is C17H22N4O3S2. The monoisotopic (exact) mass is 394 g/mol. The lowest BCUT2D eigenvalue weighted by molar-refractivity contribution is -0.124. The number of nitrogens with zero attached hydrogens (tertiary/aromatic N) is 3. The van der Waals surface area contributed by atoms with Gasteiger partial charge in [-0.3, -0.25) is 4.79 Å². The van der Waals surface area contributed by atoms with Crippen molar-refractivity contribution < 1.29 is 13.2 Å². The molecule has 7 nitrogen and oxygen atoms in total. The third-order valence-electron chi connectivity index (χ3n) is 4.97. The Morgan fingerprint density at radius 1 is 1.31 bits per heavy atom. The van der Waals surface area contributed by atoms with E-state index in [0.717, 1.165) is 37.3 Å². The Balaban J connectivity index is 1.43. The molecule has 1 unspecified atom stereocenters. The molecule has 9 heteroatoms. The van der Waals surface area contributed by atoms with Crippen molar-refractivity contribution >= 4 is 27.3 Å². The van der Waals surface area contributed by atoms with E-state index in [9.17, 15) is 13.2 Å². The van der Waals surface area contributed by atoms with Gasteiger partial charge in [0.25, 0.3) is 10.0 Å².